The Labute approximate surface area is 87.1 Å². The lowest BCUT2D eigenvalue weighted by Gasteiger charge is -2.15. The van der Waals surface area contributed by atoms with Crippen molar-refractivity contribution in [1.82, 2.24) is 0 Å². The number of rotatable bonds is 1. The summed E-state index contributed by atoms with van der Waals surface area (Å²) in [6.45, 7) is 1.61. The zero-order valence-electron chi connectivity index (χ0n) is 8.52. The first kappa shape index (κ1) is 9.89. The minimum absolute atomic E-state index is 0.136. The van der Waals surface area contributed by atoms with E-state index < -0.39 is 0 Å². The van der Waals surface area contributed by atoms with Crippen molar-refractivity contribution in [1.29, 1.82) is 0 Å². The lowest BCUT2D eigenvalue weighted by molar-refractivity contribution is -0.616. The van der Waals surface area contributed by atoms with Crippen molar-refractivity contribution in [3.8, 4) is 0 Å². The van der Waals surface area contributed by atoms with E-state index in [0.29, 0.717) is 29.7 Å². The number of pyridine rings is 1. The zero-order valence-corrected chi connectivity index (χ0v) is 8.52. The highest BCUT2D eigenvalue weighted by Crippen LogP contribution is 2.29. The summed E-state index contributed by atoms with van der Waals surface area (Å²) in [5.74, 6) is 0. The minimum atomic E-state index is -0.376. The Hall–Kier alpha value is -1.65. The van der Waals surface area contributed by atoms with Crippen molar-refractivity contribution >= 4 is 5.69 Å². The summed E-state index contributed by atoms with van der Waals surface area (Å²) in [4.78, 5) is 10.5. The van der Waals surface area contributed by atoms with Gasteiger partial charge in [-0.05, 0) is 26.2 Å². The SMILES string of the molecule is Cc1c[n+]([O-])c2c(c1[N+](=O)[O-])CCCC2. The number of hydrogen-bond acceptors (Lipinski definition) is 3. The molecule has 0 spiro atoms. The summed E-state index contributed by atoms with van der Waals surface area (Å²) in [5, 5.41) is 22.5. The number of aryl methyl sites for hydroxylation is 1. The van der Waals surface area contributed by atoms with Crippen molar-refractivity contribution in [2.75, 3.05) is 0 Å². The maximum atomic E-state index is 11.6. The first-order chi connectivity index (χ1) is 7.11. The molecule has 0 saturated carbocycles. The molecule has 1 aromatic rings. The molecule has 1 aliphatic carbocycles. The predicted octanol–water partition coefficient (Wildman–Crippen LogP) is 1.42. The molecular formula is C10H12N2O3. The Morgan fingerprint density at radius 2 is 2.07 bits per heavy atom. The number of nitro groups is 1. The van der Waals surface area contributed by atoms with Crippen LogP contribution in [0.4, 0.5) is 5.69 Å². The van der Waals surface area contributed by atoms with Crippen molar-refractivity contribution in [2.24, 2.45) is 0 Å². The highest BCUT2D eigenvalue weighted by molar-refractivity contribution is 5.47. The largest absolute Gasteiger partial charge is 0.618 e. The van der Waals surface area contributed by atoms with Gasteiger partial charge < -0.3 is 5.21 Å². The Kier molecular flexibility index (Phi) is 2.30. The average Bonchev–Trinajstić information content (AvgIpc) is 2.17. The second kappa shape index (κ2) is 3.49. The van der Waals surface area contributed by atoms with Crippen molar-refractivity contribution in [3.63, 3.8) is 0 Å². The second-order valence-electron chi connectivity index (χ2n) is 3.88. The van der Waals surface area contributed by atoms with Gasteiger partial charge in [0, 0.05) is 6.42 Å². The molecule has 0 fully saturated rings. The van der Waals surface area contributed by atoms with E-state index in [-0.39, 0.29) is 10.6 Å². The lowest BCUT2D eigenvalue weighted by atomic mass is 9.93. The van der Waals surface area contributed by atoms with E-state index in [1.807, 2.05) is 0 Å². The van der Waals surface area contributed by atoms with E-state index >= 15 is 0 Å². The third-order valence-corrected chi connectivity index (χ3v) is 2.86. The molecule has 5 heteroatoms. The third-order valence-electron chi connectivity index (χ3n) is 2.86. The molecule has 0 radical (unpaired) electrons. The van der Waals surface area contributed by atoms with E-state index in [2.05, 4.69) is 0 Å². The summed E-state index contributed by atoms with van der Waals surface area (Å²) < 4.78 is 0.789. The van der Waals surface area contributed by atoms with Crippen molar-refractivity contribution in [2.45, 2.75) is 32.6 Å². The molecule has 0 amide bonds. The number of nitrogens with zero attached hydrogens (tertiary/aromatic N) is 2. The van der Waals surface area contributed by atoms with Crippen LogP contribution in [0.1, 0.15) is 29.7 Å². The fraction of sp³-hybridized carbons (Fsp3) is 0.500. The normalized spacial score (nSPS) is 14.7. The molecule has 2 rings (SSSR count). The van der Waals surface area contributed by atoms with Crippen molar-refractivity contribution < 1.29 is 9.65 Å². The molecular weight excluding hydrogens is 196 g/mol. The van der Waals surface area contributed by atoms with Gasteiger partial charge in [-0.1, -0.05) is 0 Å². The summed E-state index contributed by atoms with van der Waals surface area (Å²) >= 11 is 0. The van der Waals surface area contributed by atoms with E-state index in [0.717, 1.165) is 17.6 Å². The fourth-order valence-corrected chi connectivity index (χ4v) is 2.19. The predicted molar refractivity (Wildman–Crippen MR) is 53.4 cm³/mol. The van der Waals surface area contributed by atoms with Gasteiger partial charge in [0.2, 0.25) is 5.69 Å². The Bertz CT molecular complexity index is 429. The summed E-state index contributed by atoms with van der Waals surface area (Å²) in [6, 6.07) is 0. The van der Waals surface area contributed by atoms with Crippen LogP contribution in [-0.4, -0.2) is 4.92 Å². The highest BCUT2D eigenvalue weighted by atomic mass is 16.6. The van der Waals surface area contributed by atoms with Gasteiger partial charge in [0.1, 0.15) is 0 Å². The highest BCUT2D eigenvalue weighted by Gasteiger charge is 2.29. The van der Waals surface area contributed by atoms with E-state index in [1.165, 1.54) is 6.20 Å². The molecule has 0 aromatic carbocycles. The average molecular weight is 208 g/mol. The second-order valence-corrected chi connectivity index (χ2v) is 3.88. The zero-order chi connectivity index (χ0) is 11.0. The molecule has 1 heterocycles. The van der Waals surface area contributed by atoms with Gasteiger partial charge in [-0.3, -0.25) is 10.1 Å². The number of aromatic nitrogens is 1. The topological polar surface area (TPSA) is 70.1 Å². The summed E-state index contributed by atoms with van der Waals surface area (Å²) in [5.41, 5.74) is 1.81. The first-order valence-corrected chi connectivity index (χ1v) is 5.00. The Morgan fingerprint density at radius 1 is 1.40 bits per heavy atom. The van der Waals surface area contributed by atoms with E-state index in [9.17, 15) is 15.3 Å². The Balaban J connectivity index is 2.68. The maximum absolute atomic E-state index is 11.6. The summed E-state index contributed by atoms with van der Waals surface area (Å²) in [7, 11) is 0. The van der Waals surface area contributed by atoms with Crippen LogP contribution < -0.4 is 4.73 Å². The minimum Gasteiger partial charge on any atom is -0.618 e. The monoisotopic (exact) mass is 208 g/mol. The quantitative estimate of drug-likeness (QED) is 0.303. The van der Waals surface area contributed by atoms with Crippen LogP contribution in [0.2, 0.25) is 0 Å². The number of hydrogen-bond donors (Lipinski definition) is 0. The summed E-state index contributed by atoms with van der Waals surface area (Å²) in [6.07, 6.45) is 4.48. The van der Waals surface area contributed by atoms with Crippen LogP contribution in [0.25, 0.3) is 0 Å². The molecule has 5 nitrogen and oxygen atoms in total. The van der Waals surface area contributed by atoms with Gasteiger partial charge in [-0.2, -0.15) is 4.73 Å². The third kappa shape index (κ3) is 1.54. The molecule has 0 atom stereocenters. The van der Waals surface area contributed by atoms with Crippen LogP contribution in [-0.2, 0) is 12.8 Å². The van der Waals surface area contributed by atoms with Crippen molar-refractivity contribution in [3.05, 3.63) is 38.3 Å². The smallest absolute Gasteiger partial charge is 0.287 e. The van der Waals surface area contributed by atoms with Gasteiger partial charge >= 0.3 is 0 Å². The standard InChI is InChI=1S/C10H12N2O3/c1-7-6-11(13)9-5-3-2-4-8(9)10(7)12(14)15/h6H,2-5H2,1H3. The lowest BCUT2D eigenvalue weighted by Crippen LogP contribution is -2.35. The van der Waals surface area contributed by atoms with Gasteiger partial charge in [-0.15, -0.1) is 0 Å². The molecule has 0 aliphatic heterocycles. The first-order valence-electron chi connectivity index (χ1n) is 5.00. The van der Waals surface area contributed by atoms with Crippen LogP contribution in [0.15, 0.2) is 6.20 Å². The molecule has 0 saturated heterocycles. The molecule has 0 unspecified atom stereocenters. The van der Waals surface area contributed by atoms with Gasteiger partial charge in [-0.25, -0.2) is 0 Å². The van der Waals surface area contributed by atoms with Gasteiger partial charge in [0.05, 0.1) is 16.1 Å². The van der Waals surface area contributed by atoms with Crippen LogP contribution in [0.5, 0.6) is 0 Å². The van der Waals surface area contributed by atoms with E-state index in [1.54, 1.807) is 6.92 Å². The molecule has 1 aliphatic rings. The van der Waals surface area contributed by atoms with Crippen LogP contribution in [0.3, 0.4) is 0 Å². The molecule has 15 heavy (non-hydrogen) atoms. The van der Waals surface area contributed by atoms with Crippen LogP contribution in [0, 0.1) is 22.2 Å². The molecule has 1 aromatic heterocycles. The molecule has 0 N–H and O–H groups in total. The molecule has 0 bridgehead atoms. The van der Waals surface area contributed by atoms with Crippen LogP contribution >= 0.6 is 0 Å². The molecule has 80 valence electrons. The fourth-order valence-electron chi connectivity index (χ4n) is 2.19. The maximum Gasteiger partial charge on any atom is 0.287 e. The Morgan fingerprint density at radius 3 is 2.73 bits per heavy atom. The van der Waals surface area contributed by atoms with Gasteiger partial charge in [0.15, 0.2) is 6.20 Å². The van der Waals surface area contributed by atoms with Gasteiger partial charge in [0.25, 0.3) is 5.69 Å². The van der Waals surface area contributed by atoms with E-state index in [4.69, 9.17) is 0 Å². The number of fused-ring (bicyclic) bond motifs is 1.